The van der Waals surface area contributed by atoms with Crippen molar-refractivity contribution >= 4 is 28.7 Å². The highest BCUT2D eigenvalue weighted by Gasteiger charge is 2.41. The monoisotopic (exact) mass is 580 g/mol. The van der Waals surface area contributed by atoms with Crippen LogP contribution in [0.25, 0.3) is 16.8 Å². The van der Waals surface area contributed by atoms with Gasteiger partial charge < -0.3 is 11.1 Å². The third kappa shape index (κ3) is 9.65. The number of hydrogen-bond donors (Lipinski definition) is 2. The van der Waals surface area contributed by atoms with Gasteiger partial charge in [0.25, 0.3) is 5.92 Å². The molecule has 41 heavy (non-hydrogen) atoms. The minimum absolute atomic E-state index is 0.0116. The predicted molar refractivity (Wildman–Crippen MR) is 160 cm³/mol. The van der Waals surface area contributed by atoms with E-state index in [1.807, 2.05) is 63.9 Å². The number of nitrogens with one attached hydrogen (secondary N) is 1. The summed E-state index contributed by atoms with van der Waals surface area (Å²) in [6.45, 7) is 12.0. The van der Waals surface area contributed by atoms with Crippen LogP contribution in [0.2, 0.25) is 0 Å². The Balaban J connectivity index is 0.000000270. The highest BCUT2D eigenvalue weighted by Crippen LogP contribution is 2.34. The van der Waals surface area contributed by atoms with Crippen LogP contribution in [0.1, 0.15) is 72.4 Å². The fourth-order valence-corrected chi connectivity index (χ4v) is 4.31. The Morgan fingerprint density at radius 3 is 2.29 bits per heavy atom. The van der Waals surface area contributed by atoms with Gasteiger partial charge in [-0.3, -0.25) is 14.9 Å². The molecule has 4 heterocycles. The number of fused-ring (bicyclic) bond motifs is 1. The fourth-order valence-electron chi connectivity index (χ4n) is 4.31. The fraction of sp³-hybridized carbons (Fsp3) is 0.586. The van der Waals surface area contributed by atoms with Gasteiger partial charge in [-0.2, -0.15) is 4.98 Å². The normalized spacial score (nSPS) is 16.0. The van der Waals surface area contributed by atoms with Crippen LogP contribution in [-0.4, -0.2) is 68.7 Å². The van der Waals surface area contributed by atoms with E-state index in [2.05, 4.69) is 25.4 Å². The minimum Gasteiger partial charge on any atom is -0.371 e. The molecule has 3 aromatic rings. The summed E-state index contributed by atoms with van der Waals surface area (Å²) < 4.78 is 48.6. The molecule has 3 N–H and O–H groups in total. The number of alkyl halides is 4. The molecule has 0 bridgehead atoms. The zero-order chi connectivity index (χ0) is 30.7. The van der Waals surface area contributed by atoms with E-state index in [0.717, 1.165) is 46.7 Å². The van der Waals surface area contributed by atoms with Crippen molar-refractivity contribution < 1.29 is 17.6 Å². The van der Waals surface area contributed by atoms with Crippen LogP contribution >= 0.6 is 0 Å². The molecule has 1 saturated heterocycles. The van der Waals surface area contributed by atoms with Crippen molar-refractivity contribution in [3.63, 3.8) is 0 Å². The van der Waals surface area contributed by atoms with Crippen LogP contribution in [0, 0.1) is 6.92 Å². The van der Waals surface area contributed by atoms with Crippen molar-refractivity contribution in [1.29, 1.82) is 0 Å². The number of anilines is 2. The molecule has 0 spiro atoms. The number of nitrogen functional groups attached to an aromatic ring is 1. The molecule has 0 aromatic carbocycles. The van der Waals surface area contributed by atoms with Gasteiger partial charge in [0.2, 0.25) is 12.4 Å². The quantitative estimate of drug-likeness (QED) is 0.241. The van der Waals surface area contributed by atoms with E-state index in [9.17, 15) is 17.6 Å². The van der Waals surface area contributed by atoms with Crippen LogP contribution in [0.15, 0.2) is 29.4 Å². The Hall–Kier alpha value is -3.28. The molecule has 3 aromatic heterocycles. The molecule has 2 aliphatic rings. The summed E-state index contributed by atoms with van der Waals surface area (Å²) in [5.74, 6) is -1.50. The number of aromatic nitrogens is 4. The summed E-state index contributed by atoms with van der Waals surface area (Å²) in [4.78, 5) is 15.4. The lowest BCUT2D eigenvalue weighted by atomic mass is 9.92. The van der Waals surface area contributed by atoms with Crippen LogP contribution < -0.4 is 11.1 Å². The number of hydrogen-bond acceptors (Lipinski definition) is 7. The lowest BCUT2D eigenvalue weighted by molar-refractivity contribution is 0.00252. The Morgan fingerprint density at radius 1 is 1.17 bits per heavy atom. The summed E-state index contributed by atoms with van der Waals surface area (Å²) in [5.41, 5.74) is 11.1. The smallest absolute Gasteiger partial charge is 0.261 e. The van der Waals surface area contributed by atoms with Gasteiger partial charge in [-0.05, 0) is 51.8 Å². The predicted octanol–water partition coefficient (Wildman–Crippen LogP) is 7.40. The Bertz CT molecular complexity index is 1270. The molecule has 0 atom stereocenters. The van der Waals surface area contributed by atoms with E-state index in [0.29, 0.717) is 18.4 Å². The maximum absolute atomic E-state index is 12.7. The zero-order valence-electron chi connectivity index (χ0n) is 25.2. The number of halogens is 4. The van der Waals surface area contributed by atoms with E-state index in [4.69, 9.17) is 5.73 Å². The summed E-state index contributed by atoms with van der Waals surface area (Å²) >= 11 is 0. The average Bonchev–Trinajstić information content (AvgIpc) is 3.48. The molecule has 12 heteroatoms. The summed E-state index contributed by atoms with van der Waals surface area (Å²) in [7, 11) is 1.80. The number of likely N-dealkylation sites (tertiary alicyclic amines) is 1. The zero-order valence-corrected chi connectivity index (χ0v) is 25.2. The topological polar surface area (TPSA) is 96.7 Å². The number of rotatable bonds is 5. The molecule has 1 saturated carbocycles. The van der Waals surface area contributed by atoms with Crippen molar-refractivity contribution in [2.45, 2.75) is 92.0 Å². The number of nitrogens with two attached hydrogens (primary N) is 1. The second-order valence-electron chi connectivity index (χ2n) is 9.91. The highest BCUT2D eigenvalue weighted by atomic mass is 19.3. The van der Waals surface area contributed by atoms with E-state index in [1.54, 1.807) is 11.6 Å². The van der Waals surface area contributed by atoms with Gasteiger partial charge in [0.15, 0.2) is 5.82 Å². The first kappa shape index (κ1) is 33.9. The van der Waals surface area contributed by atoms with Crippen LogP contribution in [0.4, 0.5) is 35.0 Å². The summed E-state index contributed by atoms with van der Waals surface area (Å²) in [6, 6.07) is 6.38. The first-order valence-electron chi connectivity index (χ1n) is 14.2. The summed E-state index contributed by atoms with van der Waals surface area (Å²) in [5, 5.41) is 7.26. The first-order chi connectivity index (χ1) is 19.4. The second-order valence-corrected chi connectivity index (χ2v) is 9.91. The highest BCUT2D eigenvalue weighted by molar-refractivity contribution is 5.88. The van der Waals surface area contributed by atoms with Crippen molar-refractivity contribution in [3.05, 3.63) is 30.1 Å². The van der Waals surface area contributed by atoms with E-state index in [1.165, 1.54) is 13.3 Å². The SMILES string of the molecule is CC.CCC(F)F.CNc1nc(N)nn2ccc(-c3ccc(N=C(C)C)c(C)n3)c12.FC1(F)CCN(C2CCC2)C1. The molecular weight excluding hydrogens is 536 g/mol. The molecule has 8 nitrogen and oxygen atoms in total. The second kappa shape index (κ2) is 15.6. The molecular formula is C29H44F4N8. The van der Waals surface area contributed by atoms with Gasteiger partial charge in [0, 0.05) is 49.9 Å². The molecule has 1 aliphatic carbocycles. The van der Waals surface area contributed by atoms with Crippen molar-refractivity contribution in [3.8, 4) is 11.3 Å². The van der Waals surface area contributed by atoms with Gasteiger partial charge in [0.05, 0.1) is 23.6 Å². The summed E-state index contributed by atoms with van der Waals surface area (Å²) in [6.07, 6.45) is 3.28. The van der Waals surface area contributed by atoms with Crippen LogP contribution in [0.3, 0.4) is 0 Å². The van der Waals surface area contributed by atoms with Gasteiger partial charge >= 0.3 is 0 Å². The van der Waals surface area contributed by atoms with Gasteiger partial charge in [-0.15, -0.1) is 5.10 Å². The van der Waals surface area contributed by atoms with Crippen LogP contribution in [0.5, 0.6) is 0 Å². The Kier molecular flexibility index (Phi) is 12.9. The number of nitrogens with zero attached hydrogens (tertiary/aromatic N) is 6. The van der Waals surface area contributed by atoms with Crippen LogP contribution in [-0.2, 0) is 0 Å². The van der Waals surface area contributed by atoms with Crippen molar-refractivity contribution in [1.82, 2.24) is 24.5 Å². The molecule has 2 fully saturated rings. The number of pyridine rings is 1. The van der Waals surface area contributed by atoms with Crippen molar-refractivity contribution in [2.75, 3.05) is 31.2 Å². The van der Waals surface area contributed by atoms with E-state index < -0.39 is 12.3 Å². The molecule has 1 aliphatic heterocycles. The van der Waals surface area contributed by atoms with Gasteiger partial charge in [-0.25, -0.2) is 22.1 Å². The van der Waals surface area contributed by atoms with Gasteiger partial charge in [0.1, 0.15) is 5.52 Å². The molecule has 228 valence electrons. The average molecular weight is 581 g/mol. The van der Waals surface area contributed by atoms with E-state index in [-0.39, 0.29) is 25.3 Å². The molecule has 0 radical (unpaired) electrons. The van der Waals surface area contributed by atoms with E-state index >= 15 is 0 Å². The first-order valence-corrected chi connectivity index (χ1v) is 14.2. The Morgan fingerprint density at radius 2 is 1.83 bits per heavy atom. The van der Waals surface area contributed by atoms with Crippen molar-refractivity contribution in [2.24, 2.45) is 4.99 Å². The lowest BCUT2D eigenvalue weighted by Gasteiger charge is -2.34. The van der Waals surface area contributed by atoms with Gasteiger partial charge in [-0.1, -0.05) is 27.2 Å². The maximum atomic E-state index is 12.7. The maximum Gasteiger partial charge on any atom is 0.261 e. The third-order valence-electron chi connectivity index (χ3n) is 6.54. The number of aryl methyl sites for hydroxylation is 1. The molecule has 0 unspecified atom stereocenters. The molecule has 0 amide bonds. The third-order valence-corrected chi connectivity index (χ3v) is 6.54. The minimum atomic E-state index is -2.39. The number of aliphatic imine (C=N–C) groups is 1. The lowest BCUT2D eigenvalue weighted by Crippen LogP contribution is -2.39. The molecule has 5 rings (SSSR count). The Labute approximate surface area is 240 Å². The standard InChI is InChI=1S/C16H19N7.C8H13F2N.C3H6F2.C2H6/c1-9(2)19-12-5-6-13(20-10(12)3)11-7-8-23-14(11)15(18-4)21-16(17)22-23;9-8(10)4-5-11(6-8)7-2-1-3-7;1-2-3(4)5;1-2/h5-8H,1-4H3,(H3,17,18,21,22);7H,1-6H2;3H,2H2,1H3;1-2H3. The largest absolute Gasteiger partial charge is 0.371 e.